The summed E-state index contributed by atoms with van der Waals surface area (Å²) in [6.45, 7) is 3.87. The van der Waals surface area contributed by atoms with Gasteiger partial charge in [-0.1, -0.05) is 12.2 Å². The summed E-state index contributed by atoms with van der Waals surface area (Å²) >= 11 is 5.13. The Morgan fingerprint density at radius 3 is 2.74 bits per heavy atom. The second-order valence-corrected chi connectivity index (χ2v) is 5.39. The fourth-order valence-electron chi connectivity index (χ4n) is 2.56. The summed E-state index contributed by atoms with van der Waals surface area (Å²) in [4.78, 5) is 0.352. The summed E-state index contributed by atoms with van der Waals surface area (Å²) in [7, 11) is 1.74. The molecule has 0 bridgehead atoms. The summed E-state index contributed by atoms with van der Waals surface area (Å²) in [6, 6.07) is 0.245. The Kier molecular flexibility index (Phi) is 4.31. The molecule has 0 amide bonds. The predicted molar refractivity (Wildman–Crippen MR) is 79.5 cm³/mol. The number of nitrogens with one attached hydrogen (secondary N) is 1. The highest BCUT2D eigenvalue weighted by Crippen LogP contribution is 2.26. The van der Waals surface area contributed by atoms with Crippen LogP contribution in [0.3, 0.4) is 0 Å². The molecule has 0 spiro atoms. The van der Waals surface area contributed by atoms with Crippen molar-refractivity contribution < 1.29 is 4.74 Å². The molecule has 2 rings (SSSR count). The van der Waals surface area contributed by atoms with E-state index in [2.05, 4.69) is 15.5 Å². The number of methoxy groups -OCH3 is 1. The monoisotopic (exact) mass is 280 g/mol. The Morgan fingerprint density at radius 2 is 2.11 bits per heavy atom. The molecule has 2 unspecified atom stereocenters. The lowest BCUT2D eigenvalue weighted by Gasteiger charge is -2.22. The van der Waals surface area contributed by atoms with E-state index in [0.717, 1.165) is 36.1 Å². The van der Waals surface area contributed by atoms with Gasteiger partial charge in [-0.25, -0.2) is 0 Å². The van der Waals surface area contributed by atoms with Crippen molar-refractivity contribution in [3.8, 4) is 0 Å². The Balaban J connectivity index is 2.30. The van der Waals surface area contributed by atoms with Crippen molar-refractivity contribution in [2.24, 2.45) is 5.73 Å². The lowest BCUT2D eigenvalue weighted by Crippen LogP contribution is -2.31. The first-order chi connectivity index (χ1) is 9.04. The van der Waals surface area contributed by atoms with Crippen molar-refractivity contribution in [2.75, 3.05) is 12.4 Å². The Hall–Kier alpha value is -1.27. The van der Waals surface area contributed by atoms with Crippen LogP contribution in [0, 0.1) is 13.8 Å². The van der Waals surface area contributed by atoms with E-state index in [-0.39, 0.29) is 12.1 Å². The third-order valence-corrected chi connectivity index (χ3v) is 3.98. The number of hydrogen-bond acceptors (Lipinski definition) is 5. The lowest BCUT2D eigenvalue weighted by atomic mass is 10.1. The van der Waals surface area contributed by atoms with Crippen molar-refractivity contribution in [1.82, 2.24) is 10.2 Å². The highest BCUT2D eigenvalue weighted by Gasteiger charge is 2.28. The summed E-state index contributed by atoms with van der Waals surface area (Å²) in [5, 5.41) is 11.7. The molecule has 2 atom stereocenters. The predicted octanol–water partition coefficient (Wildman–Crippen LogP) is 1.71. The van der Waals surface area contributed by atoms with Gasteiger partial charge in [-0.15, -0.1) is 5.10 Å². The van der Waals surface area contributed by atoms with Gasteiger partial charge in [0.25, 0.3) is 0 Å². The van der Waals surface area contributed by atoms with Gasteiger partial charge >= 0.3 is 0 Å². The van der Waals surface area contributed by atoms with Crippen LogP contribution >= 0.6 is 12.2 Å². The first kappa shape index (κ1) is 14.1. The van der Waals surface area contributed by atoms with Gasteiger partial charge in [0.1, 0.15) is 4.99 Å². The topological polar surface area (TPSA) is 73.1 Å². The van der Waals surface area contributed by atoms with Gasteiger partial charge in [-0.2, -0.15) is 5.10 Å². The van der Waals surface area contributed by atoms with Crippen LogP contribution in [0.2, 0.25) is 0 Å². The van der Waals surface area contributed by atoms with Gasteiger partial charge in [-0.05, 0) is 38.7 Å². The molecule has 1 heterocycles. The van der Waals surface area contributed by atoms with E-state index in [1.807, 2.05) is 13.8 Å². The molecule has 1 fully saturated rings. The van der Waals surface area contributed by atoms with E-state index in [1.165, 1.54) is 0 Å². The van der Waals surface area contributed by atoms with Crippen molar-refractivity contribution in [1.29, 1.82) is 0 Å². The second-order valence-electron chi connectivity index (χ2n) is 4.95. The molecule has 104 valence electrons. The number of ether oxygens (including phenoxy) is 1. The molecule has 1 saturated carbocycles. The van der Waals surface area contributed by atoms with Crippen LogP contribution in [0.4, 0.5) is 5.82 Å². The number of hydrogen-bond donors (Lipinski definition) is 2. The number of nitrogens with two attached hydrogens (primary N) is 1. The zero-order chi connectivity index (χ0) is 14.0. The minimum absolute atomic E-state index is 0.211. The van der Waals surface area contributed by atoms with Gasteiger partial charge in [0, 0.05) is 7.11 Å². The van der Waals surface area contributed by atoms with Crippen molar-refractivity contribution in [3.05, 3.63) is 16.8 Å². The van der Waals surface area contributed by atoms with E-state index in [9.17, 15) is 0 Å². The SMILES string of the molecule is COC1CCCC1Nc1nnc(C)c(C)c1C(N)=S. The van der Waals surface area contributed by atoms with Crippen molar-refractivity contribution in [2.45, 2.75) is 45.3 Å². The highest BCUT2D eigenvalue weighted by atomic mass is 32.1. The number of thiocarbonyl (C=S) groups is 1. The van der Waals surface area contributed by atoms with Crippen LogP contribution in [-0.4, -0.2) is 34.4 Å². The molecule has 0 aliphatic heterocycles. The molecule has 6 heteroatoms. The Labute approximate surface area is 118 Å². The van der Waals surface area contributed by atoms with Gasteiger partial charge in [0.2, 0.25) is 0 Å². The van der Waals surface area contributed by atoms with Crippen LogP contribution in [0.25, 0.3) is 0 Å². The Bertz CT molecular complexity index is 492. The molecule has 1 aliphatic rings. The first-order valence-corrected chi connectivity index (χ1v) is 6.88. The molecule has 0 saturated heterocycles. The normalized spacial score (nSPS) is 22.5. The highest BCUT2D eigenvalue weighted by molar-refractivity contribution is 7.80. The largest absolute Gasteiger partial charge is 0.389 e. The number of anilines is 1. The zero-order valence-corrected chi connectivity index (χ0v) is 12.4. The van der Waals surface area contributed by atoms with Gasteiger partial charge < -0.3 is 15.8 Å². The maximum absolute atomic E-state index is 5.82. The second kappa shape index (κ2) is 5.79. The van der Waals surface area contributed by atoms with Crippen LogP contribution in [0.1, 0.15) is 36.1 Å². The molecule has 0 radical (unpaired) electrons. The van der Waals surface area contributed by atoms with Crippen LogP contribution in [0.5, 0.6) is 0 Å². The molecule has 1 aromatic rings. The molecule has 1 aromatic heterocycles. The first-order valence-electron chi connectivity index (χ1n) is 6.47. The number of aromatic nitrogens is 2. The van der Waals surface area contributed by atoms with Gasteiger partial charge in [0.15, 0.2) is 5.82 Å². The Morgan fingerprint density at radius 1 is 1.37 bits per heavy atom. The minimum atomic E-state index is 0.211. The summed E-state index contributed by atoms with van der Waals surface area (Å²) in [5.74, 6) is 0.671. The maximum atomic E-state index is 5.82. The average Bonchev–Trinajstić information content (AvgIpc) is 2.80. The zero-order valence-electron chi connectivity index (χ0n) is 11.6. The van der Waals surface area contributed by atoms with Gasteiger partial charge in [-0.3, -0.25) is 0 Å². The molecule has 19 heavy (non-hydrogen) atoms. The molecular weight excluding hydrogens is 260 g/mol. The van der Waals surface area contributed by atoms with Crippen molar-refractivity contribution >= 4 is 23.0 Å². The average molecular weight is 280 g/mol. The number of nitrogens with zero attached hydrogens (tertiary/aromatic N) is 2. The molecule has 5 nitrogen and oxygen atoms in total. The number of rotatable bonds is 4. The van der Waals surface area contributed by atoms with Gasteiger partial charge in [0.05, 0.1) is 23.4 Å². The van der Waals surface area contributed by atoms with E-state index >= 15 is 0 Å². The molecule has 3 N–H and O–H groups in total. The lowest BCUT2D eigenvalue weighted by molar-refractivity contribution is 0.101. The summed E-state index contributed by atoms with van der Waals surface area (Å²) in [5.41, 5.74) is 8.45. The van der Waals surface area contributed by atoms with Crippen LogP contribution < -0.4 is 11.1 Å². The molecule has 1 aliphatic carbocycles. The fourth-order valence-corrected chi connectivity index (χ4v) is 2.81. The fraction of sp³-hybridized carbons (Fsp3) is 0.615. The number of aryl methyl sites for hydroxylation is 1. The van der Waals surface area contributed by atoms with E-state index in [0.29, 0.717) is 10.8 Å². The molecular formula is C13H20N4OS. The third-order valence-electron chi connectivity index (χ3n) is 3.78. The smallest absolute Gasteiger partial charge is 0.159 e. The van der Waals surface area contributed by atoms with E-state index < -0.39 is 0 Å². The van der Waals surface area contributed by atoms with E-state index in [4.69, 9.17) is 22.7 Å². The quantitative estimate of drug-likeness (QED) is 0.818. The maximum Gasteiger partial charge on any atom is 0.159 e. The minimum Gasteiger partial charge on any atom is -0.389 e. The van der Waals surface area contributed by atoms with E-state index in [1.54, 1.807) is 7.11 Å². The summed E-state index contributed by atoms with van der Waals surface area (Å²) < 4.78 is 5.48. The van der Waals surface area contributed by atoms with Crippen molar-refractivity contribution in [3.63, 3.8) is 0 Å². The standard InChI is InChI=1S/C13H20N4OS/c1-7-8(2)16-17-13(11(7)12(14)19)15-9-5-4-6-10(9)18-3/h9-10H,4-6H2,1-3H3,(H2,14,19)(H,15,17). The third kappa shape index (κ3) is 2.84. The summed E-state index contributed by atoms with van der Waals surface area (Å²) in [6.07, 6.45) is 3.48. The molecule has 0 aromatic carbocycles. The van der Waals surface area contributed by atoms with Crippen LogP contribution in [0.15, 0.2) is 0 Å². The van der Waals surface area contributed by atoms with Crippen LogP contribution in [-0.2, 0) is 4.74 Å².